The summed E-state index contributed by atoms with van der Waals surface area (Å²) in [6.07, 6.45) is 1.41. The second-order valence-electron chi connectivity index (χ2n) is 5.86. The van der Waals surface area contributed by atoms with E-state index in [1.807, 2.05) is 6.07 Å². The van der Waals surface area contributed by atoms with Gasteiger partial charge in [0.15, 0.2) is 6.61 Å². The van der Waals surface area contributed by atoms with Gasteiger partial charge < -0.3 is 14.5 Å². The largest absolute Gasteiger partial charge is 0.484 e. The molecule has 0 unspecified atom stereocenters. The molecule has 1 fully saturated rings. The van der Waals surface area contributed by atoms with Crippen molar-refractivity contribution in [3.63, 3.8) is 0 Å². The number of halogens is 1. The first kappa shape index (κ1) is 17.0. The van der Waals surface area contributed by atoms with Crippen molar-refractivity contribution in [2.75, 3.05) is 30.0 Å². The van der Waals surface area contributed by atoms with E-state index in [0.29, 0.717) is 24.4 Å². The molecule has 0 aromatic heterocycles. The predicted octanol–water partition coefficient (Wildman–Crippen LogP) is 2.99. The van der Waals surface area contributed by atoms with Gasteiger partial charge in [0.2, 0.25) is 5.91 Å². The van der Waals surface area contributed by atoms with Gasteiger partial charge in [0.05, 0.1) is 0 Å². The lowest BCUT2D eigenvalue weighted by Crippen LogP contribution is -2.31. The van der Waals surface area contributed by atoms with Crippen molar-refractivity contribution in [3.05, 3.63) is 54.3 Å². The van der Waals surface area contributed by atoms with E-state index >= 15 is 0 Å². The van der Waals surface area contributed by atoms with Gasteiger partial charge in [0.25, 0.3) is 5.91 Å². The van der Waals surface area contributed by atoms with E-state index in [0.717, 1.165) is 12.1 Å². The molecule has 5 nitrogen and oxygen atoms in total. The minimum atomic E-state index is -0.353. The maximum atomic E-state index is 13.0. The summed E-state index contributed by atoms with van der Waals surface area (Å²) in [6.45, 7) is 0.555. The summed E-state index contributed by atoms with van der Waals surface area (Å²) in [5.41, 5.74) is 1.37. The summed E-state index contributed by atoms with van der Waals surface area (Å²) in [4.78, 5) is 27.2. The van der Waals surface area contributed by atoms with Gasteiger partial charge in [0, 0.05) is 37.5 Å². The number of carbonyl (C=O) groups excluding carboxylic acids is 2. The Labute approximate surface area is 145 Å². The third-order valence-corrected chi connectivity index (χ3v) is 4.15. The molecule has 0 spiro atoms. The van der Waals surface area contributed by atoms with E-state index in [9.17, 15) is 14.0 Å². The molecule has 0 aliphatic carbocycles. The SMILES string of the molecule is CN(C(=O)COc1cccc(N2CCCC2=O)c1)c1ccc(F)cc1. The van der Waals surface area contributed by atoms with Gasteiger partial charge >= 0.3 is 0 Å². The number of nitrogens with zero attached hydrogens (tertiary/aromatic N) is 2. The lowest BCUT2D eigenvalue weighted by Gasteiger charge is -2.19. The van der Waals surface area contributed by atoms with Crippen LogP contribution < -0.4 is 14.5 Å². The number of likely N-dealkylation sites (N-methyl/N-ethyl adjacent to an activating group) is 1. The fraction of sp³-hybridized carbons (Fsp3) is 0.263. The van der Waals surface area contributed by atoms with Gasteiger partial charge in [-0.2, -0.15) is 0 Å². The van der Waals surface area contributed by atoms with Crippen LogP contribution in [0.2, 0.25) is 0 Å². The highest BCUT2D eigenvalue weighted by Crippen LogP contribution is 2.25. The zero-order valence-corrected chi connectivity index (χ0v) is 13.9. The molecule has 1 aliphatic heterocycles. The molecule has 1 heterocycles. The fourth-order valence-electron chi connectivity index (χ4n) is 2.71. The van der Waals surface area contributed by atoms with Gasteiger partial charge in [-0.3, -0.25) is 9.59 Å². The minimum absolute atomic E-state index is 0.101. The van der Waals surface area contributed by atoms with Crippen LogP contribution in [0.25, 0.3) is 0 Å². The van der Waals surface area contributed by atoms with E-state index in [4.69, 9.17) is 4.74 Å². The van der Waals surface area contributed by atoms with Crippen LogP contribution >= 0.6 is 0 Å². The van der Waals surface area contributed by atoms with Crippen molar-refractivity contribution in [2.45, 2.75) is 12.8 Å². The van der Waals surface area contributed by atoms with Crippen LogP contribution in [0.1, 0.15) is 12.8 Å². The van der Waals surface area contributed by atoms with Gasteiger partial charge in [-0.1, -0.05) is 6.07 Å². The lowest BCUT2D eigenvalue weighted by atomic mass is 10.2. The van der Waals surface area contributed by atoms with E-state index in [1.165, 1.54) is 29.2 Å². The number of anilines is 2. The second-order valence-corrected chi connectivity index (χ2v) is 5.86. The van der Waals surface area contributed by atoms with Crippen molar-refractivity contribution >= 4 is 23.2 Å². The molecular formula is C19H19FN2O3. The number of benzene rings is 2. The van der Waals surface area contributed by atoms with Crippen molar-refractivity contribution in [2.24, 2.45) is 0 Å². The number of carbonyl (C=O) groups is 2. The summed E-state index contributed by atoms with van der Waals surface area (Å²) in [7, 11) is 1.61. The average Bonchev–Trinajstić information content (AvgIpc) is 3.06. The standard InChI is InChI=1S/C19H19FN2O3/c1-21(15-9-7-14(20)8-10-15)19(24)13-25-17-5-2-4-16(12-17)22-11-3-6-18(22)23/h2,4-5,7-10,12H,3,6,11,13H2,1H3. The van der Waals surface area contributed by atoms with E-state index in [1.54, 1.807) is 30.1 Å². The molecule has 0 saturated carbocycles. The molecule has 2 amide bonds. The van der Waals surface area contributed by atoms with Gasteiger partial charge in [0.1, 0.15) is 11.6 Å². The van der Waals surface area contributed by atoms with Crippen LogP contribution in [0.5, 0.6) is 5.75 Å². The topological polar surface area (TPSA) is 49.9 Å². The fourth-order valence-corrected chi connectivity index (χ4v) is 2.71. The van der Waals surface area contributed by atoms with Crippen molar-refractivity contribution in [1.82, 2.24) is 0 Å². The molecule has 0 N–H and O–H groups in total. The zero-order valence-electron chi connectivity index (χ0n) is 13.9. The van der Waals surface area contributed by atoms with Crippen molar-refractivity contribution in [3.8, 4) is 5.75 Å². The summed E-state index contributed by atoms with van der Waals surface area (Å²) in [5, 5.41) is 0. The van der Waals surface area contributed by atoms with E-state index in [2.05, 4.69) is 0 Å². The summed E-state index contributed by atoms with van der Waals surface area (Å²) in [5.74, 6) is 0.0192. The Morgan fingerprint density at radius 1 is 1.24 bits per heavy atom. The monoisotopic (exact) mass is 342 g/mol. The number of rotatable bonds is 5. The highest BCUT2D eigenvalue weighted by Gasteiger charge is 2.22. The predicted molar refractivity (Wildman–Crippen MR) is 93.3 cm³/mol. The van der Waals surface area contributed by atoms with E-state index in [-0.39, 0.29) is 24.2 Å². The third-order valence-electron chi connectivity index (χ3n) is 4.15. The normalized spacial score (nSPS) is 13.8. The molecule has 1 aliphatic rings. The smallest absolute Gasteiger partial charge is 0.264 e. The van der Waals surface area contributed by atoms with Crippen LogP contribution in [0, 0.1) is 5.82 Å². The molecule has 130 valence electrons. The first-order valence-electron chi connectivity index (χ1n) is 8.10. The average molecular weight is 342 g/mol. The quantitative estimate of drug-likeness (QED) is 0.839. The Morgan fingerprint density at radius 2 is 2.00 bits per heavy atom. The molecule has 2 aromatic rings. The minimum Gasteiger partial charge on any atom is -0.484 e. The van der Waals surface area contributed by atoms with Crippen molar-refractivity contribution in [1.29, 1.82) is 0 Å². The van der Waals surface area contributed by atoms with Gasteiger partial charge in [-0.25, -0.2) is 4.39 Å². The maximum Gasteiger partial charge on any atom is 0.264 e. The Balaban J connectivity index is 1.62. The van der Waals surface area contributed by atoms with Crippen LogP contribution in [0.4, 0.5) is 15.8 Å². The Morgan fingerprint density at radius 3 is 2.68 bits per heavy atom. The van der Waals surface area contributed by atoms with Gasteiger partial charge in [-0.05, 0) is 42.8 Å². The highest BCUT2D eigenvalue weighted by molar-refractivity contribution is 5.95. The zero-order chi connectivity index (χ0) is 17.8. The summed E-state index contributed by atoms with van der Waals surface area (Å²) >= 11 is 0. The highest BCUT2D eigenvalue weighted by atomic mass is 19.1. The van der Waals surface area contributed by atoms with Crippen LogP contribution in [-0.2, 0) is 9.59 Å². The number of hydrogen-bond acceptors (Lipinski definition) is 3. The molecule has 0 radical (unpaired) electrons. The molecule has 2 aromatic carbocycles. The Bertz CT molecular complexity index is 776. The lowest BCUT2D eigenvalue weighted by molar-refractivity contribution is -0.120. The first-order valence-corrected chi connectivity index (χ1v) is 8.10. The molecular weight excluding hydrogens is 323 g/mol. The number of hydrogen-bond donors (Lipinski definition) is 0. The first-order chi connectivity index (χ1) is 12.0. The van der Waals surface area contributed by atoms with E-state index < -0.39 is 0 Å². The Kier molecular flexibility index (Phi) is 4.97. The number of amides is 2. The molecule has 6 heteroatoms. The van der Waals surface area contributed by atoms with Gasteiger partial charge in [-0.15, -0.1) is 0 Å². The summed E-state index contributed by atoms with van der Waals surface area (Å²) in [6, 6.07) is 12.8. The second kappa shape index (κ2) is 7.34. The maximum absolute atomic E-state index is 13.0. The third kappa shape index (κ3) is 3.96. The van der Waals surface area contributed by atoms with Crippen molar-refractivity contribution < 1.29 is 18.7 Å². The molecule has 0 atom stereocenters. The molecule has 1 saturated heterocycles. The van der Waals surface area contributed by atoms with Crippen LogP contribution in [0.15, 0.2) is 48.5 Å². The van der Waals surface area contributed by atoms with Crippen LogP contribution in [-0.4, -0.2) is 32.0 Å². The number of ether oxygens (including phenoxy) is 1. The molecule has 25 heavy (non-hydrogen) atoms. The van der Waals surface area contributed by atoms with Crippen LogP contribution in [0.3, 0.4) is 0 Å². The Hall–Kier alpha value is -2.89. The summed E-state index contributed by atoms with van der Waals surface area (Å²) < 4.78 is 18.5. The molecule has 3 rings (SSSR count). The molecule has 0 bridgehead atoms.